The Morgan fingerprint density at radius 1 is 0.422 bits per heavy atom. The van der Waals surface area contributed by atoms with Crippen LogP contribution in [0, 0.1) is 23.7 Å². The third-order valence-electron chi connectivity index (χ3n) is 12.2. The molecular formula is C58H42O6. The van der Waals surface area contributed by atoms with E-state index in [4.69, 9.17) is 18.9 Å². The molecule has 64 heavy (non-hydrogen) atoms. The van der Waals surface area contributed by atoms with E-state index in [0.717, 1.165) is 66.8 Å². The molecule has 0 fully saturated rings. The summed E-state index contributed by atoms with van der Waals surface area (Å²) in [6, 6.07) is 60.5. The lowest BCUT2D eigenvalue weighted by Crippen LogP contribution is -2.31. The molecule has 2 atom stereocenters. The first-order valence-electron chi connectivity index (χ1n) is 21.0. The Kier molecular flexibility index (Phi) is 10.5. The molecule has 8 aromatic rings. The van der Waals surface area contributed by atoms with E-state index < -0.39 is 10.8 Å². The Bertz CT molecular complexity index is 2830. The van der Waals surface area contributed by atoms with E-state index in [9.17, 15) is 10.2 Å². The zero-order chi connectivity index (χ0) is 43.7. The highest BCUT2D eigenvalue weighted by Gasteiger charge is 2.45. The predicted molar refractivity (Wildman–Crippen MR) is 249 cm³/mol. The minimum absolute atomic E-state index is 0.120. The molecule has 2 unspecified atom stereocenters. The van der Waals surface area contributed by atoms with E-state index in [0.29, 0.717) is 34.5 Å². The smallest absolute Gasteiger partial charge is 0.136 e. The van der Waals surface area contributed by atoms with Gasteiger partial charge in [0.2, 0.25) is 0 Å². The van der Waals surface area contributed by atoms with Crippen molar-refractivity contribution in [3.05, 3.63) is 238 Å². The van der Waals surface area contributed by atoms with Gasteiger partial charge in [0.1, 0.15) is 45.3 Å². The van der Waals surface area contributed by atoms with Crippen molar-refractivity contribution in [3.63, 3.8) is 0 Å². The van der Waals surface area contributed by atoms with Crippen molar-refractivity contribution >= 4 is 0 Å². The lowest BCUT2D eigenvalue weighted by molar-refractivity contribution is 0.281. The molecule has 2 N–H and O–H groups in total. The molecule has 0 aromatic heterocycles. The Hall–Kier alpha value is -8.00. The van der Waals surface area contributed by atoms with Gasteiger partial charge in [-0.25, -0.2) is 0 Å². The molecule has 6 heteroatoms. The first-order valence-corrected chi connectivity index (χ1v) is 21.0. The van der Waals surface area contributed by atoms with Crippen LogP contribution in [-0.4, -0.2) is 24.4 Å². The van der Waals surface area contributed by atoms with Crippen molar-refractivity contribution in [1.29, 1.82) is 0 Å². The number of rotatable bonds is 7. The standard InChI is InChI=1S/C58H42O6/c1-61-47-23-27-51-55(35-47)63-53-33-41(37-59)13-25-49(53)57(51,31-29-39-9-5-3-6-10-39)45-19-15-43(16-20-45)44-17-21-46(22-18-44)58(32-30-40-11-7-4-8-12-40)50-26-14-42(38-60)34-54(50)64-56-36-48(62-2)24-28-52(56)58/h3-28,33-36,59-60H,37-38H2,1-2H3. The first-order chi connectivity index (χ1) is 31.4. The second-order valence-corrected chi connectivity index (χ2v) is 15.8. The number of benzene rings is 8. The van der Waals surface area contributed by atoms with Crippen LogP contribution in [0.15, 0.2) is 182 Å². The van der Waals surface area contributed by atoms with Crippen LogP contribution in [0.3, 0.4) is 0 Å². The number of fused-ring (bicyclic) bond motifs is 4. The van der Waals surface area contributed by atoms with Crippen LogP contribution in [0.4, 0.5) is 0 Å². The average Bonchev–Trinajstić information content (AvgIpc) is 3.36. The summed E-state index contributed by atoms with van der Waals surface area (Å²) in [6.45, 7) is -0.241. The maximum atomic E-state index is 10.1. The Balaban J connectivity index is 1.11. The van der Waals surface area contributed by atoms with Crippen LogP contribution in [0.2, 0.25) is 0 Å². The zero-order valence-corrected chi connectivity index (χ0v) is 35.3. The second kappa shape index (κ2) is 16.7. The fourth-order valence-electron chi connectivity index (χ4n) is 8.93. The van der Waals surface area contributed by atoms with E-state index in [-0.39, 0.29) is 13.2 Å². The number of methoxy groups -OCH3 is 2. The van der Waals surface area contributed by atoms with Gasteiger partial charge in [0.15, 0.2) is 0 Å². The summed E-state index contributed by atoms with van der Waals surface area (Å²) in [5, 5.41) is 20.3. The van der Waals surface area contributed by atoms with Crippen LogP contribution >= 0.6 is 0 Å². The lowest BCUT2D eigenvalue weighted by atomic mass is 9.67. The Morgan fingerprint density at radius 2 is 0.781 bits per heavy atom. The monoisotopic (exact) mass is 834 g/mol. The minimum atomic E-state index is -0.937. The summed E-state index contributed by atoms with van der Waals surface area (Å²) in [7, 11) is 3.28. The molecule has 8 aromatic carbocycles. The molecule has 0 aliphatic carbocycles. The molecule has 0 amide bonds. The van der Waals surface area contributed by atoms with E-state index in [1.165, 1.54) is 0 Å². The summed E-state index contributed by atoms with van der Waals surface area (Å²) in [5.41, 5.74) is 8.90. The number of ether oxygens (including phenoxy) is 4. The van der Waals surface area contributed by atoms with E-state index in [2.05, 4.69) is 72.2 Å². The summed E-state index contributed by atoms with van der Waals surface area (Å²) in [5.74, 6) is 18.3. The van der Waals surface area contributed by atoms with Gasteiger partial charge in [-0.1, -0.05) is 133 Å². The highest BCUT2D eigenvalue weighted by molar-refractivity contribution is 5.74. The fourth-order valence-corrected chi connectivity index (χ4v) is 8.93. The Labute approximate surface area is 373 Å². The highest BCUT2D eigenvalue weighted by Crippen LogP contribution is 2.54. The lowest BCUT2D eigenvalue weighted by Gasteiger charge is -2.37. The van der Waals surface area contributed by atoms with Crippen LogP contribution in [0.5, 0.6) is 34.5 Å². The quantitative estimate of drug-likeness (QED) is 0.156. The van der Waals surface area contributed by atoms with Gasteiger partial charge in [-0.15, -0.1) is 0 Å². The third kappa shape index (κ3) is 6.93. The third-order valence-corrected chi connectivity index (χ3v) is 12.2. The van der Waals surface area contributed by atoms with Crippen molar-refractivity contribution in [1.82, 2.24) is 0 Å². The molecule has 6 nitrogen and oxygen atoms in total. The molecule has 0 spiro atoms. The molecular weight excluding hydrogens is 793 g/mol. The molecule has 2 aliphatic rings. The van der Waals surface area contributed by atoms with Gasteiger partial charge in [-0.05, 0) is 94.0 Å². The number of aliphatic hydroxyl groups is 2. The number of hydrogen-bond acceptors (Lipinski definition) is 6. The maximum absolute atomic E-state index is 10.1. The molecule has 0 saturated heterocycles. The van der Waals surface area contributed by atoms with Crippen molar-refractivity contribution in [2.45, 2.75) is 24.0 Å². The van der Waals surface area contributed by atoms with Crippen LogP contribution in [0.25, 0.3) is 11.1 Å². The van der Waals surface area contributed by atoms with Gasteiger partial charge < -0.3 is 29.2 Å². The number of hydrogen-bond donors (Lipinski definition) is 2. The molecule has 10 rings (SSSR count). The van der Waals surface area contributed by atoms with Crippen LogP contribution in [-0.2, 0) is 24.0 Å². The van der Waals surface area contributed by atoms with Crippen LogP contribution in [0.1, 0.15) is 55.6 Å². The predicted octanol–water partition coefficient (Wildman–Crippen LogP) is 11.3. The summed E-state index contributed by atoms with van der Waals surface area (Å²) in [6.07, 6.45) is 0. The maximum Gasteiger partial charge on any atom is 0.136 e. The molecule has 2 aliphatic heterocycles. The van der Waals surface area contributed by atoms with Gasteiger partial charge in [-0.2, -0.15) is 0 Å². The SMILES string of the molecule is COc1ccc2c(c1)Oc1cc(CO)ccc1C2(C#Cc1ccccc1)c1ccc(-c2ccc(C3(C#Cc4ccccc4)c4ccc(CO)cc4Oc4cc(OC)ccc43)cc2)cc1. The zero-order valence-electron chi connectivity index (χ0n) is 35.3. The number of aliphatic hydroxyl groups excluding tert-OH is 2. The molecule has 0 radical (unpaired) electrons. The van der Waals surface area contributed by atoms with Crippen molar-refractivity contribution < 1.29 is 29.2 Å². The summed E-state index contributed by atoms with van der Waals surface area (Å²) in [4.78, 5) is 0. The van der Waals surface area contributed by atoms with Gasteiger partial charge in [0, 0.05) is 45.5 Å². The molecule has 0 bridgehead atoms. The molecule has 2 heterocycles. The average molecular weight is 835 g/mol. The normalized spacial score (nSPS) is 16.4. The van der Waals surface area contributed by atoms with Crippen LogP contribution < -0.4 is 18.9 Å². The summed E-state index contributed by atoms with van der Waals surface area (Å²) < 4.78 is 24.4. The van der Waals surface area contributed by atoms with E-state index in [1.807, 2.05) is 133 Å². The highest BCUT2D eigenvalue weighted by atomic mass is 16.5. The van der Waals surface area contributed by atoms with Gasteiger partial charge in [0.25, 0.3) is 0 Å². The van der Waals surface area contributed by atoms with Crippen molar-refractivity contribution in [2.75, 3.05) is 14.2 Å². The summed E-state index contributed by atoms with van der Waals surface area (Å²) >= 11 is 0. The van der Waals surface area contributed by atoms with E-state index in [1.54, 1.807) is 14.2 Å². The van der Waals surface area contributed by atoms with Crippen molar-refractivity contribution in [3.8, 4) is 69.3 Å². The minimum Gasteiger partial charge on any atom is -0.497 e. The topological polar surface area (TPSA) is 77.4 Å². The Morgan fingerprint density at radius 3 is 1.14 bits per heavy atom. The van der Waals surface area contributed by atoms with E-state index >= 15 is 0 Å². The second-order valence-electron chi connectivity index (χ2n) is 15.8. The fraction of sp³-hybridized carbons (Fsp3) is 0.103. The van der Waals surface area contributed by atoms with Gasteiger partial charge >= 0.3 is 0 Å². The van der Waals surface area contributed by atoms with Gasteiger partial charge in [0.05, 0.1) is 27.4 Å². The molecule has 0 saturated carbocycles. The largest absolute Gasteiger partial charge is 0.497 e. The first kappa shape index (κ1) is 40.1. The van der Waals surface area contributed by atoms with Gasteiger partial charge in [-0.3, -0.25) is 0 Å². The van der Waals surface area contributed by atoms with Crippen molar-refractivity contribution in [2.24, 2.45) is 0 Å². The molecule has 310 valence electrons.